The van der Waals surface area contributed by atoms with Gasteiger partial charge in [-0.05, 0) is 49.8 Å². The summed E-state index contributed by atoms with van der Waals surface area (Å²) in [5, 5.41) is 14.2. The van der Waals surface area contributed by atoms with Gasteiger partial charge < -0.3 is 15.3 Å². The second-order valence-electron chi connectivity index (χ2n) is 8.86. The molecule has 1 aliphatic carbocycles. The number of anilines is 2. The summed E-state index contributed by atoms with van der Waals surface area (Å²) in [6.07, 6.45) is 3.02. The number of thiazole rings is 1. The number of aryl methyl sites for hydroxylation is 1. The van der Waals surface area contributed by atoms with Gasteiger partial charge in [-0.3, -0.25) is 0 Å². The lowest BCUT2D eigenvalue weighted by Crippen LogP contribution is -2.23. The van der Waals surface area contributed by atoms with Gasteiger partial charge in [0.25, 0.3) is 0 Å². The summed E-state index contributed by atoms with van der Waals surface area (Å²) in [6.45, 7) is 3.02. The fourth-order valence-corrected chi connectivity index (χ4v) is 5.63. The van der Waals surface area contributed by atoms with Gasteiger partial charge in [0, 0.05) is 26.2 Å². The Bertz CT molecular complexity index is 1210. The summed E-state index contributed by atoms with van der Waals surface area (Å²) in [4.78, 5) is 16.9. The van der Waals surface area contributed by atoms with Crippen molar-refractivity contribution in [3.05, 3.63) is 65.9 Å². The van der Waals surface area contributed by atoms with E-state index in [0.717, 1.165) is 58.1 Å². The third-order valence-corrected chi connectivity index (χ3v) is 7.38. The molecule has 33 heavy (non-hydrogen) atoms. The van der Waals surface area contributed by atoms with Crippen LogP contribution >= 0.6 is 11.3 Å². The maximum absolute atomic E-state index is 9.60. The molecule has 2 atom stereocenters. The number of benzene rings is 2. The maximum atomic E-state index is 9.60. The van der Waals surface area contributed by atoms with Crippen molar-refractivity contribution in [3.63, 3.8) is 0 Å². The number of aliphatic hydroxyl groups excluding tert-OH is 1. The van der Waals surface area contributed by atoms with Gasteiger partial charge in [-0.1, -0.05) is 42.5 Å². The molecule has 170 valence electrons. The highest BCUT2D eigenvalue weighted by molar-refractivity contribution is 7.21. The lowest BCUT2D eigenvalue weighted by atomic mass is 10.1. The van der Waals surface area contributed by atoms with Gasteiger partial charge in [-0.15, -0.1) is 11.3 Å². The quantitative estimate of drug-likeness (QED) is 0.392. The second kappa shape index (κ2) is 9.45. The van der Waals surface area contributed by atoms with Crippen molar-refractivity contribution in [1.82, 2.24) is 15.0 Å². The zero-order chi connectivity index (χ0) is 22.8. The summed E-state index contributed by atoms with van der Waals surface area (Å²) in [5.41, 5.74) is 4.10. The van der Waals surface area contributed by atoms with Crippen LogP contribution in [0.2, 0.25) is 0 Å². The van der Waals surface area contributed by atoms with E-state index in [0.29, 0.717) is 11.9 Å². The Morgan fingerprint density at radius 1 is 1.03 bits per heavy atom. The predicted octanol–water partition coefficient (Wildman–Crippen LogP) is 5.27. The number of nitrogens with one attached hydrogen (secondary N) is 1. The van der Waals surface area contributed by atoms with E-state index in [1.807, 2.05) is 38.2 Å². The molecule has 0 bridgehead atoms. The van der Waals surface area contributed by atoms with Crippen molar-refractivity contribution in [1.29, 1.82) is 0 Å². The molecule has 2 aromatic heterocycles. The van der Waals surface area contributed by atoms with Crippen LogP contribution in [0.25, 0.3) is 20.8 Å². The molecular formula is C26H29N5OS. The largest absolute Gasteiger partial charge is 0.396 e. The zero-order valence-electron chi connectivity index (χ0n) is 19.0. The number of aliphatic hydroxyl groups is 1. The minimum atomic E-state index is 0.247. The Hall–Kier alpha value is -3.03. The van der Waals surface area contributed by atoms with Crippen molar-refractivity contribution >= 4 is 33.3 Å². The third kappa shape index (κ3) is 4.70. The molecule has 1 saturated carbocycles. The highest BCUT2D eigenvalue weighted by Crippen LogP contribution is 2.38. The van der Waals surface area contributed by atoms with E-state index < -0.39 is 0 Å². The number of para-hydroxylation sites is 1. The normalized spacial score (nSPS) is 18.0. The first kappa shape index (κ1) is 21.8. The molecule has 0 radical (unpaired) electrons. The fraction of sp³-hybridized carbons (Fsp3) is 0.346. The first-order valence-electron chi connectivity index (χ1n) is 11.5. The predicted molar refractivity (Wildman–Crippen MR) is 136 cm³/mol. The van der Waals surface area contributed by atoms with Crippen LogP contribution in [0, 0.1) is 12.8 Å². The highest BCUT2D eigenvalue weighted by Gasteiger charge is 2.27. The van der Waals surface area contributed by atoms with E-state index in [-0.39, 0.29) is 12.6 Å². The SMILES string of the molecule is Cc1nc(N(C)Cc2ccccc2)nc(N[C@H]2CC[C@@H](CO)C2)c1-c1nc2ccccc2s1. The summed E-state index contributed by atoms with van der Waals surface area (Å²) < 4.78 is 1.16. The van der Waals surface area contributed by atoms with Crippen LogP contribution in [-0.4, -0.2) is 39.8 Å². The summed E-state index contributed by atoms with van der Waals surface area (Å²) >= 11 is 1.67. The average Bonchev–Trinajstić information content (AvgIpc) is 3.46. The van der Waals surface area contributed by atoms with Crippen LogP contribution in [0.1, 0.15) is 30.5 Å². The second-order valence-corrected chi connectivity index (χ2v) is 9.89. The molecule has 0 saturated heterocycles. The molecule has 2 heterocycles. The molecule has 0 spiro atoms. The van der Waals surface area contributed by atoms with Crippen LogP contribution in [0.3, 0.4) is 0 Å². The van der Waals surface area contributed by atoms with Crippen molar-refractivity contribution < 1.29 is 5.11 Å². The molecular weight excluding hydrogens is 430 g/mol. The number of nitrogens with zero attached hydrogens (tertiary/aromatic N) is 4. The van der Waals surface area contributed by atoms with Crippen LogP contribution in [0.15, 0.2) is 54.6 Å². The topological polar surface area (TPSA) is 74.2 Å². The molecule has 0 amide bonds. The fourth-order valence-electron chi connectivity index (χ4n) is 4.56. The number of aromatic nitrogens is 3. The smallest absolute Gasteiger partial charge is 0.227 e. The lowest BCUT2D eigenvalue weighted by Gasteiger charge is -2.22. The standard InChI is InChI=1S/C26H29N5OS/c1-17-23(25-29-21-10-6-7-11-22(21)33-25)24(28-20-13-12-19(14-20)16-32)30-26(27-17)31(2)15-18-8-4-3-5-9-18/h3-11,19-20,32H,12-16H2,1-2H3,(H,27,28,30)/t19-,20+/m1/s1. The van der Waals surface area contributed by atoms with Crippen molar-refractivity contribution in [2.75, 3.05) is 23.9 Å². The minimum Gasteiger partial charge on any atom is -0.396 e. The molecule has 6 nitrogen and oxygen atoms in total. The highest BCUT2D eigenvalue weighted by atomic mass is 32.1. The molecule has 0 aliphatic heterocycles. The minimum absolute atomic E-state index is 0.247. The molecule has 2 N–H and O–H groups in total. The lowest BCUT2D eigenvalue weighted by molar-refractivity contribution is 0.229. The van der Waals surface area contributed by atoms with Gasteiger partial charge in [0.05, 0.1) is 21.5 Å². The Morgan fingerprint density at radius 2 is 1.82 bits per heavy atom. The molecule has 4 aromatic rings. The van der Waals surface area contributed by atoms with E-state index in [9.17, 15) is 5.11 Å². The number of hydrogen-bond acceptors (Lipinski definition) is 7. The number of hydrogen-bond donors (Lipinski definition) is 2. The Morgan fingerprint density at radius 3 is 2.58 bits per heavy atom. The average molecular weight is 460 g/mol. The summed E-state index contributed by atoms with van der Waals surface area (Å²) in [7, 11) is 2.03. The Labute approximate surface area is 198 Å². The monoisotopic (exact) mass is 459 g/mol. The van der Waals surface area contributed by atoms with Crippen molar-refractivity contribution in [3.8, 4) is 10.6 Å². The van der Waals surface area contributed by atoms with Crippen LogP contribution in [0.4, 0.5) is 11.8 Å². The van der Waals surface area contributed by atoms with Gasteiger partial charge in [0.15, 0.2) is 0 Å². The first-order valence-corrected chi connectivity index (χ1v) is 12.3. The summed E-state index contributed by atoms with van der Waals surface area (Å²) in [6, 6.07) is 18.9. The van der Waals surface area contributed by atoms with E-state index in [2.05, 4.69) is 40.5 Å². The van der Waals surface area contributed by atoms with Gasteiger partial charge in [0.2, 0.25) is 5.95 Å². The van der Waals surface area contributed by atoms with Crippen LogP contribution < -0.4 is 10.2 Å². The van der Waals surface area contributed by atoms with Gasteiger partial charge in [0.1, 0.15) is 10.8 Å². The molecule has 7 heteroatoms. The number of fused-ring (bicyclic) bond motifs is 1. The van der Waals surface area contributed by atoms with Gasteiger partial charge in [-0.2, -0.15) is 4.98 Å². The molecule has 0 unspecified atom stereocenters. The Kier molecular flexibility index (Phi) is 6.24. The van der Waals surface area contributed by atoms with E-state index >= 15 is 0 Å². The van der Waals surface area contributed by atoms with Crippen molar-refractivity contribution in [2.45, 2.75) is 38.8 Å². The molecule has 1 aliphatic rings. The van der Waals surface area contributed by atoms with E-state index in [4.69, 9.17) is 15.0 Å². The first-order chi connectivity index (χ1) is 16.1. The Balaban J connectivity index is 1.52. The molecule has 5 rings (SSSR count). The van der Waals surface area contributed by atoms with Gasteiger partial charge in [-0.25, -0.2) is 9.97 Å². The zero-order valence-corrected chi connectivity index (χ0v) is 19.8. The number of rotatable bonds is 7. The maximum Gasteiger partial charge on any atom is 0.227 e. The van der Waals surface area contributed by atoms with Gasteiger partial charge >= 0.3 is 0 Å². The van der Waals surface area contributed by atoms with Crippen LogP contribution in [-0.2, 0) is 6.54 Å². The molecule has 2 aromatic carbocycles. The molecule has 1 fully saturated rings. The van der Waals surface area contributed by atoms with E-state index in [1.54, 1.807) is 11.3 Å². The van der Waals surface area contributed by atoms with Crippen molar-refractivity contribution in [2.24, 2.45) is 5.92 Å². The van der Waals surface area contributed by atoms with E-state index in [1.165, 1.54) is 5.56 Å². The van der Waals surface area contributed by atoms with Crippen LogP contribution in [0.5, 0.6) is 0 Å². The third-order valence-electron chi connectivity index (χ3n) is 6.33. The summed E-state index contributed by atoms with van der Waals surface area (Å²) in [5.74, 6) is 1.89.